The molecule has 2 aromatic rings. The summed E-state index contributed by atoms with van der Waals surface area (Å²) in [7, 11) is 1.65. The van der Waals surface area contributed by atoms with Gasteiger partial charge in [-0.2, -0.15) is 5.10 Å². The first kappa shape index (κ1) is 18.7. The van der Waals surface area contributed by atoms with Gasteiger partial charge in [0.15, 0.2) is 0 Å². The number of hydrogen-bond acceptors (Lipinski definition) is 3. The third-order valence-corrected chi connectivity index (χ3v) is 7.73. The SMILES string of the molecule is CCC(NC(=O)c1cc(-c2cccc(OC)c2)n[nH]1)C12CC3CC(CC(C3)C1)C2. The summed E-state index contributed by atoms with van der Waals surface area (Å²) in [6, 6.07) is 9.85. The Kier molecular flexibility index (Phi) is 4.64. The molecule has 1 amide bonds. The van der Waals surface area contributed by atoms with Crippen molar-refractivity contribution in [2.24, 2.45) is 23.2 Å². The lowest BCUT2D eigenvalue weighted by molar-refractivity contribution is -0.0727. The molecule has 154 valence electrons. The summed E-state index contributed by atoms with van der Waals surface area (Å²) in [4.78, 5) is 13.1. The summed E-state index contributed by atoms with van der Waals surface area (Å²) < 4.78 is 5.30. The van der Waals surface area contributed by atoms with E-state index >= 15 is 0 Å². The normalized spacial score (nSPS) is 30.9. The van der Waals surface area contributed by atoms with Crippen LogP contribution in [0.3, 0.4) is 0 Å². The lowest BCUT2D eigenvalue weighted by Gasteiger charge is -2.59. The standard InChI is InChI=1S/C24H31N3O2/c1-3-22(24-12-15-7-16(13-24)9-17(8-15)14-24)25-23(28)21-11-20(26-27-21)18-5-4-6-19(10-18)29-2/h4-6,10-11,15-17,22H,3,7-9,12-14H2,1-2H3,(H,25,28)(H,26,27). The fraction of sp³-hybridized carbons (Fsp3) is 0.583. The molecule has 1 heterocycles. The van der Waals surface area contributed by atoms with E-state index in [4.69, 9.17) is 4.74 Å². The highest BCUT2D eigenvalue weighted by atomic mass is 16.5. The molecular formula is C24H31N3O2. The van der Waals surface area contributed by atoms with E-state index in [9.17, 15) is 4.79 Å². The molecular weight excluding hydrogens is 362 g/mol. The first-order valence-electron chi connectivity index (χ1n) is 11.1. The summed E-state index contributed by atoms with van der Waals surface area (Å²) in [5.74, 6) is 3.41. The second-order valence-electron chi connectivity index (χ2n) is 9.61. The van der Waals surface area contributed by atoms with E-state index in [-0.39, 0.29) is 11.9 Å². The van der Waals surface area contributed by atoms with Gasteiger partial charge in [-0.1, -0.05) is 19.1 Å². The van der Waals surface area contributed by atoms with Crippen molar-refractivity contribution in [3.63, 3.8) is 0 Å². The summed E-state index contributed by atoms with van der Waals surface area (Å²) in [6.07, 6.45) is 9.17. The summed E-state index contributed by atoms with van der Waals surface area (Å²) >= 11 is 0. The van der Waals surface area contributed by atoms with Gasteiger partial charge in [0, 0.05) is 11.6 Å². The third-order valence-electron chi connectivity index (χ3n) is 7.73. The molecule has 0 spiro atoms. The van der Waals surface area contributed by atoms with E-state index in [1.54, 1.807) is 7.11 Å². The van der Waals surface area contributed by atoms with Gasteiger partial charge >= 0.3 is 0 Å². The van der Waals surface area contributed by atoms with E-state index in [1.165, 1.54) is 38.5 Å². The number of benzene rings is 1. The Morgan fingerprint density at radius 1 is 1.21 bits per heavy atom. The zero-order chi connectivity index (χ0) is 20.0. The van der Waals surface area contributed by atoms with Crippen LogP contribution in [0.15, 0.2) is 30.3 Å². The lowest BCUT2D eigenvalue weighted by atomic mass is 9.47. The van der Waals surface area contributed by atoms with Crippen LogP contribution in [0.4, 0.5) is 0 Å². The van der Waals surface area contributed by atoms with Gasteiger partial charge in [-0.15, -0.1) is 0 Å². The van der Waals surface area contributed by atoms with Crippen LogP contribution in [0.5, 0.6) is 5.75 Å². The maximum absolute atomic E-state index is 13.1. The van der Waals surface area contributed by atoms with Gasteiger partial charge < -0.3 is 10.1 Å². The number of rotatable bonds is 6. The third kappa shape index (κ3) is 3.34. The number of nitrogens with one attached hydrogen (secondary N) is 2. The number of H-pyrrole nitrogens is 1. The number of ether oxygens (including phenoxy) is 1. The summed E-state index contributed by atoms with van der Waals surface area (Å²) in [5.41, 5.74) is 2.55. The Balaban J connectivity index is 1.33. The average molecular weight is 394 g/mol. The first-order chi connectivity index (χ1) is 14.1. The van der Waals surface area contributed by atoms with Crippen molar-refractivity contribution in [1.29, 1.82) is 0 Å². The van der Waals surface area contributed by atoms with Crippen molar-refractivity contribution in [2.45, 2.75) is 57.9 Å². The Morgan fingerprint density at radius 2 is 1.90 bits per heavy atom. The second-order valence-corrected chi connectivity index (χ2v) is 9.61. The minimum atomic E-state index is -0.0331. The van der Waals surface area contributed by atoms with Crippen LogP contribution in [0.2, 0.25) is 0 Å². The predicted octanol–water partition coefficient (Wildman–Crippen LogP) is 4.81. The van der Waals surface area contributed by atoms with Crippen molar-refractivity contribution in [1.82, 2.24) is 15.5 Å². The van der Waals surface area contributed by atoms with Crippen LogP contribution in [0.1, 0.15) is 62.4 Å². The first-order valence-corrected chi connectivity index (χ1v) is 11.1. The Morgan fingerprint density at radius 3 is 2.52 bits per heavy atom. The van der Waals surface area contributed by atoms with Crippen molar-refractivity contribution in [3.8, 4) is 17.0 Å². The molecule has 0 saturated heterocycles. The van der Waals surface area contributed by atoms with Gasteiger partial charge in [-0.25, -0.2) is 0 Å². The fourth-order valence-electron chi connectivity index (χ4n) is 6.90. The number of aromatic nitrogens is 2. The summed E-state index contributed by atoms with van der Waals surface area (Å²) in [6.45, 7) is 2.22. The average Bonchev–Trinajstić information content (AvgIpc) is 3.21. The topological polar surface area (TPSA) is 67.0 Å². The zero-order valence-electron chi connectivity index (χ0n) is 17.4. The highest BCUT2D eigenvalue weighted by Crippen LogP contribution is 2.61. The molecule has 29 heavy (non-hydrogen) atoms. The van der Waals surface area contributed by atoms with Gasteiger partial charge in [0.2, 0.25) is 0 Å². The fourth-order valence-corrected chi connectivity index (χ4v) is 6.90. The van der Waals surface area contributed by atoms with Crippen LogP contribution >= 0.6 is 0 Å². The molecule has 4 aliphatic carbocycles. The van der Waals surface area contributed by atoms with Gasteiger partial charge in [-0.05, 0) is 86.3 Å². The van der Waals surface area contributed by atoms with Crippen LogP contribution in [0, 0.1) is 23.2 Å². The molecule has 5 nitrogen and oxygen atoms in total. The minimum Gasteiger partial charge on any atom is -0.497 e. The van der Waals surface area contributed by atoms with Crippen LogP contribution in [-0.4, -0.2) is 29.3 Å². The maximum atomic E-state index is 13.1. The molecule has 1 aromatic carbocycles. The Bertz CT molecular complexity index is 868. The highest BCUT2D eigenvalue weighted by molar-refractivity contribution is 5.93. The maximum Gasteiger partial charge on any atom is 0.269 e. The van der Waals surface area contributed by atoms with Crippen LogP contribution < -0.4 is 10.1 Å². The second kappa shape index (κ2) is 7.19. The Labute approximate surface area is 172 Å². The van der Waals surface area contributed by atoms with Gasteiger partial charge in [0.1, 0.15) is 11.4 Å². The van der Waals surface area contributed by atoms with E-state index in [2.05, 4.69) is 22.4 Å². The molecule has 1 atom stereocenters. The molecule has 0 radical (unpaired) electrons. The van der Waals surface area contributed by atoms with Gasteiger partial charge in [0.25, 0.3) is 5.91 Å². The molecule has 1 unspecified atom stereocenters. The molecule has 2 N–H and O–H groups in total. The van der Waals surface area contributed by atoms with Crippen molar-refractivity contribution in [2.75, 3.05) is 7.11 Å². The zero-order valence-corrected chi connectivity index (χ0v) is 17.4. The number of aromatic amines is 1. The number of methoxy groups -OCH3 is 1. The van der Waals surface area contributed by atoms with E-state index in [1.807, 2.05) is 30.3 Å². The Hall–Kier alpha value is -2.30. The number of hydrogen-bond donors (Lipinski definition) is 2. The van der Waals surface area contributed by atoms with E-state index < -0.39 is 0 Å². The molecule has 4 saturated carbocycles. The predicted molar refractivity (Wildman–Crippen MR) is 113 cm³/mol. The minimum absolute atomic E-state index is 0.0331. The smallest absolute Gasteiger partial charge is 0.269 e. The lowest BCUT2D eigenvalue weighted by Crippen LogP contribution is -2.56. The molecule has 4 bridgehead atoms. The summed E-state index contributed by atoms with van der Waals surface area (Å²) in [5, 5.41) is 10.7. The van der Waals surface area contributed by atoms with Crippen molar-refractivity contribution >= 4 is 5.91 Å². The van der Waals surface area contributed by atoms with Gasteiger partial charge in [-0.3, -0.25) is 9.89 Å². The highest BCUT2D eigenvalue weighted by Gasteiger charge is 2.54. The number of nitrogens with zero attached hydrogens (tertiary/aromatic N) is 1. The molecule has 4 fully saturated rings. The molecule has 6 rings (SSSR count). The van der Waals surface area contributed by atoms with Crippen molar-refractivity contribution < 1.29 is 9.53 Å². The molecule has 1 aromatic heterocycles. The number of carbonyl (C=O) groups excluding carboxylic acids is 1. The van der Waals surface area contributed by atoms with Crippen LogP contribution in [-0.2, 0) is 0 Å². The monoisotopic (exact) mass is 393 g/mol. The van der Waals surface area contributed by atoms with E-state index in [0.717, 1.165) is 41.2 Å². The van der Waals surface area contributed by atoms with E-state index in [0.29, 0.717) is 11.1 Å². The molecule has 4 aliphatic rings. The largest absolute Gasteiger partial charge is 0.497 e. The van der Waals surface area contributed by atoms with Gasteiger partial charge in [0.05, 0.1) is 12.8 Å². The van der Waals surface area contributed by atoms with Crippen LogP contribution in [0.25, 0.3) is 11.3 Å². The van der Waals surface area contributed by atoms with Crippen molar-refractivity contribution in [3.05, 3.63) is 36.0 Å². The number of amides is 1. The molecule has 5 heteroatoms. The number of carbonyl (C=O) groups is 1. The quantitative estimate of drug-likeness (QED) is 0.740. The molecule has 0 aliphatic heterocycles.